The summed E-state index contributed by atoms with van der Waals surface area (Å²) in [5, 5.41) is 8.92. The number of hydrogen-bond donors (Lipinski definition) is 1. The van der Waals surface area contributed by atoms with Gasteiger partial charge in [0.1, 0.15) is 11.3 Å². The van der Waals surface area contributed by atoms with Crippen LogP contribution in [0.1, 0.15) is 62.0 Å². The maximum absolute atomic E-state index is 14.1. The average molecular weight is 715 g/mol. The average Bonchev–Trinajstić information content (AvgIpc) is 3.47. The van der Waals surface area contributed by atoms with Crippen LogP contribution in [0, 0.1) is 12.3 Å². The summed E-state index contributed by atoms with van der Waals surface area (Å²) in [7, 11) is 0. The van der Waals surface area contributed by atoms with E-state index in [4.69, 9.17) is 14.7 Å². The number of likely N-dealkylation sites (tertiary alicyclic amines) is 2. The summed E-state index contributed by atoms with van der Waals surface area (Å²) in [6.07, 6.45) is 5.67. The van der Waals surface area contributed by atoms with Gasteiger partial charge in [-0.1, -0.05) is 12.6 Å². The maximum atomic E-state index is 14.1. The van der Waals surface area contributed by atoms with Crippen molar-refractivity contribution in [3.8, 4) is 16.9 Å². The molecule has 1 spiro atoms. The highest BCUT2D eigenvalue weighted by atomic mass is 19.4. The SMILES string of the molecule is C=CC(=O)N1CC2(CCN(c3nc(N4CC[C@H](N5CCCC5)C4)nc4c(OCC(F)(F)F)c(-c5c(C)ccc6[nH]ncc56)c(C5CC5)cc34)CC2)C1. The van der Waals surface area contributed by atoms with E-state index in [9.17, 15) is 18.0 Å². The Bertz CT molecular complexity index is 2040. The first-order chi connectivity index (χ1) is 25.1. The van der Waals surface area contributed by atoms with E-state index in [1.54, 1.807) is 6.20 Å². The van der Waals surface area contributed by atoms with Crippen molar-refractivity contribution in [3.63, 3.8) is 0 Å². The molecule has 5 fully saturated rings. The van der Waals surface area contributed by atoms with Crippen LogP contribution in [0.3, 0.4) is 0 Å². The lowest BCUT2D eigenvalue weighted by Gasteiger charge is -2.54. The zero-order chi connectivity index (χ0) is 35.8. The number of aromatic nitrogens is 4. The molecule has 9 rings (SSSR count). The minimum Gasteiger partial charge on any atom is -0.481 e. The summed E-state index contributed by atoms with van der Waals surface area (Å²) in [5.41, 5.74) is 4.69. The van der Waals surface area contributed by atoms with Gasteiger partial charge in [-0.15, -0.1) is 0 Å². The van der Waals surface area contributed by atoms with Crippen molar-refractivity contribution < 1.29 is 22.7 Å². The second-order valence-electron chi connectivity index (χ2n) is 15.7. The standard InChI is InChI=1S/C39H45F3N8O2/c1-3-31(51)50-21-38(22-50)11-16-48(17-12-38)36-28-18-27(25-7-8-25)33(32-24(2)6-9-30-29(32)19-43-46-30)35(52-23-39(40,41)42)34(28)44-37(45-36)49-15-10-26(20-49)47-13-4-5-14-47/h3,6,9,18-19,25-26H,1,4-5,7-8,10-17,20-23H2,2H3,(H,43,46)/t26-/m0/s1. The number of alkyl halides is 3. The zero-order valence-electron chi connectivity index (χ0n) is 29.6. The number of nitrogens with one attached hydrogen (secondary N) is 1. The Morgan fingerprint density at radius 1 is 1.02 bits per heavy atom. The molecule has 10 nitrogen and oxygen atoms in total. The topological polar surface area (TPSA) is 93.7 Å². The molecule has 1 N–H and O–H groups in total. The third-order valence-electron chi connectivity index (χ3n) is 12.2. The predicted octanol–water partition coefficient (Wildman–Crippen LogP) is 6.59. The Morgan fingerprint density at radius 2 is 1.79 bits per heavy atom. The Kier molecular flexibility index (Phi) is 8.13. The number of amides is 1. The molecule has 2 aromatic carbocycles. The summed E-state index contributed by atoms with van der Waals surface area (Å²) in [5.74, 6) is 1.61. The molecule has 52 heavy (non-hydrogen) atoms. The van der Waals surface area contributed by atoms with E-state index in [1.807, 2.05) is 24.0 Å². The van der Waals surface area contributed by atoms with Gasteiger partial charge < -0.3 is 19.4 Å². The summed E-state index contributed by atoms with van der Waals surface area (Å²) in [4.78, 5) is 31.6. The fraction of sp³-hybridized carbons (Fsp3) is 0.538. The third-order valence-corrected chi connectivity index (χ3v) is 12.2. The third kappa shape index (κ3) is 5.94. The molecule has 4 aromatic rings. The van der Waals surface area contributed by atoms with Gasteiger partial charge in [-0.3, -0.25) is 14.8 Å². The minimum absolute atomic E-state index is 0.0338. The van der Waals surface area contributed by atoms with Crippen molar-refractivity contribution in [1.82, 2.24) is 30.0 Å². The maximum Gasteiger partial charge on any atom is 0.422 e. The van der Waals surface area contributed by atoms with E-state index >= 15 is 0 Å². The first kappa shape index (κ1) is 33.4. The summed E-state index contributed by atoms with van der Waals surface area (Å²) >= 11 is 0. The molecular formula is C39H45F3N8O2. The van der Waals surface area contributed by atoms with Gasteiger partial charge in [0.15, 0.2) is 12.4 Å². The van der Waals surface area contributed by atoms with E-state index in [1.165, 1.54) is 18.9 Å². The molecule has 1 amide bonds. The van der Waals surface area contributed by atoms with Crippen molar-refractivity contribution in [2.45, 2.75) is 70.0 Å². The molecule has 0 unspecified atom stereocenters. The molecule has 0 bridgehead atoms. The molecule has 1 atom stereocenters. The minimum atomic E-state index is -4.54. The van der Waals surface area contributed by atoms with Gasteiger partial charge in [0.25, 0.3) is 0 Å². The number of anilines is 2. The Morgan fingerprint density at radius 3 is 2.50 bits per heavy atom. The normalized spacial score (nSPS) is 22.2. The van der Waals surface area contributed by atoms with Gasteiger partial charge in [0.05, 0.1) is 11.7 Å². The van der Waals surface area contributed by atoms with Gasteiger partial charge in [-0.05, 0) is 106 Å². The van der Waals surface area contributed by atoms with Crippen LogP contribution < -0.4 is 14.5 Å². The first-order valence-electron chi connectivity index (χ1n) is 18.8. The van der Waals surface area contributed by atoms with Crippen molar-refractivity contribution in [2.24, 2.45) is 5.41 Å². The molecule has 4 aliphatic heterocycles. The zero-order valence-corrected chi connectivity index (χ0v) is 29.6. The predicted molar refractivity (Wildman–Crippen MR) is 195 cm³/mol. The number of aromatic amines is 1. The highest BCUT2D eigenvalue weighted by Gasteiger charge is 2.47. The van der Waals surface area contributed by atoms with Crippen molar-refractivity contribution in [3.05, 3.63) is 48.2 Å². The molecule has 0 radical (unpaired) electrons. The second kappa shape index (κ2) is 12.6. The highest BCUT2D eigenvalue weighted by molar-refractivity contribution is 6.06. The van der Waals surface area contributed by atoms with Crippen molar-refractivity contribution in [1.29, 1.82) is 0 Å². The van der Waals surface area contributed by atoms with Crippen LogP contribution in [-0.4, -0.2) is 107 Å². The van der Waals surface area contributed by atoms with Crippen molar-refractivity contribution >= 4 is 39.5 Å². The largest absolute Gasteiger partial charge is 0.481 e. The van der Waals surface area contributed by atoms with Crippen LogP contribution in [0.5, 0.6) is 5.75 Å². The van der Waals surface area contributed by atoms with Crippen molar-refractivity contribution in [2.75, 3.05) is 68.8 Å². The summed E-state index contributed by atoms with van der Waals surface area (Å²) in [6.45, 7) is 10.8. The summed E-state index contributed by atoms with van der Waals surface area (Å²) < 4.78 is 48.3. The Labute approximate surface area is 301 Å². The monoisotopic (exact) mass is 714 g/mol. The number of carbonyl (C=O) groups is 1. The quantitative estimate of drug-likeness (QED) is 0.205. The first-order valence-corrected chi connectivity index (χ1v) is 18.8. The number of hydrogen-bond acceptors (Lipinski definition) is 8. The van der Waals surface area contributed by atoms with Gasteiger partial charge in [-0.25, -0.2) is 4.98 Å². The number of piperidine rings is 1. The number of nitrogens with zero attached hydrogens (tertiary/aromatic N) is 7. The van der Waals surface area contributed by atoms with E-state index in [0.717, 1.165) is 123 Å². The number of benzene rings is 2. The number of rotatable bonds is 8. The Balaban J connectivity index is 1.20. The van der Waals surface area contributed by atoms with E-state index in [-0.39, 0.29) is 23.0 Å². The smallest absolute Gasteiger partial charge is 0.422 e. The second-order valence-corrected chi connectivity index (χ2v) is 15.7. The molecule has 2 aromatic heterocycles. The fourth-order valence-electron chi connectivity index (χ4n) is 9.22. The van der Waals surface area contributed by atoms with Crippen LogP contribution in [0.25, 0.3) is 32.9 Å². The van der Waals surface area contributed by atoms with E-state index < -0.39 is 12.8 Å². The molecule has 13 heteroatoms. The van der Waals surface area contributed by atoms with Gasteiger partial charge in [0, 0.05) is 67.1 Å². The van der Waals surface area contributed by atoms with Gasteiger partial charge >= 0.3 is 6.18 Å². The lowest BCUT2D eigenvalue weighted by Crippen LogP contribution is -2.61. The van der Waals surface area contributed by atoms with E-state index in [0.29, 0.717) is 23.1 Å². The number of H-pyrrole nitrogens is 1. The molecule has 4 saturated heterocycles. The molecule has 6 heterocycles. The molecular weight excluding hydrogens is 669 g/mol. The lowest BCUT2D eigenvalue weighted by molar-refractivity contribution is -0.153. The molecule has 1 aliphatic carbocycles. The van der Waals surface area contributed by atoms with Gasteiger partial charge in [-0.2, -0.15) is 23.3 Å². The van der Waals surface area contributed by atoms with E-state index in [2.05, 4.69) is 37.5 Å². The number of ether oxygens (including phenoxy) is 1. The number of carbonyl (C=O) groups excluding carboxylic acids is 1. The van der Waals surface area contributed by atoms with Crippen LogP contribution in [0.15, 0.2) is 37.1 Å². The van der Waals surface area contributed by atoms with Crippen LogP contribution in [0.4, 0.5) is 24.9 Å². The molecule has 1 saturated carbocycles. The summed E-state index contributed by atoms with van der Waals surface area (Å²) in [6, 6.07) is 6.48. The number of aryl methyl sites for hydroxylation is 1. The van der Waals surface area contributed by atoms with Gasteiger partial charge in [0.2, 0.25) is 11.9 Å². The number of halogens is 3. The lowest BCUT2D eigenvalue weighted by atomic mass is 9.72. The van der Waals surface area contributed by atoms with Crippen LogP contribution >= 0.6 is 0 Å². The Hall–Kier alpha value is -4.39. The highest BCUT2D eigenvalue weighted by Crippen LogP contribution is 2.53. The van der Waals surface area contributed by atoms with Crippen LogP contribution in [-0.2, 0) is 4.79 Å². The molecule has 5 aliphatic rings. The van der Waals surface area contributed by atoms with Crippen LogP contribution in [0.2, 0.25) is 0 Å². The number of fused-ring (bicyclic) bond motifs is 2. The molecule has 274 valence electrons. The fourth-order valence-corrected chi connectivity index (χ4v) is 9.22.